The van der Waals surface area contributed by atoms with Crippen LogP contribution in [0.15, 0.2) is 35.2 Å². The number of benzene rings is 2. The third-order valence-electron chi connectivity index (χ3n) is 2.52. The van der Waals surface area contributed by atoms with Gasteiger partial charge in [0.05, 0.1) is 16.4 Å². The van der Waals surface area contributed by atoms with Gasteiger partial charge in [0.15, 0.2) is 0 Å². The fourth-order valence-corrected chi connectivity index (χ4v) is 3.30. The number of hydrogen-bond donors (Lipinski definition) is 2. The van der Waals surface area contributed by atoms with E-state index in [9.17, 15) is 17.2 Å². The molecule has 9 heteroatoms. The molecular formula is C12H8Cl2F2N2O2S. The van der Waals surface area contributed by atoms with Gasteiger partial charge in [-0.15, -0.1) is 0 Å². The summed E-state index contributed by atoms with van der Waals surface area (Å²) in [4.78, 5) is -0.461. The van der Waals surface area contributed by atoms with Gasteiger partial charge in [-0.1, -0.05) is 23.2 Å². The van der Waals surface area contributed by atoms with Crippen molar-refractivity contribution in [1.29, 1.82) is 0 Å². The molecule has 0 bridgehead atoms. The number of nitrogens with two attached hydrogens (primary N) is 1. The molecule has 2 aromatic carbocycles. The van der Waals surface area contributed by atoms with Gasteiger partial charge in [-0.2, -0.15) is 0 Å². The minimum absolute atomic E-state index is 0.111. The zero-order chi connectivity index (χ0) is 15.8. The highest BCUT2D eigenvalue weighted by Crippen LogP contribution is 2.29. The Morgan fingerprint density at radius 3 is 2.33 bits per heavy atom. The maximum atomic E-state index is 13.6. The predicted octanol–water partition coefficient (Wildman–Crippen LogP) is 3.65. The average Bonchev–Trinajstić information content (AvgIpc) is 2.37. The fraction of sp³-hybridized carbons (Fsp3) is 0. The predicted molar refractivity (Wildman–Crippen MR) is 78.0 cm³/mol. The van der Waals surface area contributed by atoms with E-state index in [1.165, 1.54) is 6.07 Å². The van der Waals surface area contributed by atoms with E-state index >= 15 is 0 Å². The molecule has 0 heterocycles. The first-order valence-corrected chi connectivity index (χ1v) is 7.67. The molecule has 0 aliphatic carbocycles. The van der Waals surface area contributed by atoms with Crippen LogP contribution in [0.3, 0.4) is 0 Å². The van der Waals surface area contributed by atoms with E-state index < -0.39 is 32.2 Å². The molecule has 0 atom stereocenters. The maximum Gasteiger partial charge on any atom is 0.263 e. The van der Waals surface area contributed by atoms with Crippen molar-refractivity contribution in [3.63, 3.8) is 0 Å². The summed E-state index contributed by atoms with van der Waals surface area (Å²) in [5.74, 6) is -1.71. The molecule has 0 radical (unpaired) electrons. The van der Waals surface area contributed by atoms with Crippen molar-refractivity contribution in [2.75, 3.05) is 10.5 Å². The van der Waals surface area contributed by atoms with E-state index in [-0.39, 0.29) is 15.7 Å². The van der Waals surface area contributed by atoms with Crippen LogP contribution < -0.4 is 10.5 Å². The number of nitrogens with one attached hydrogen (secondary N) is 1. The lowest BCUT2D eigenvalue weighted by Crippen LogP contribution is -2.15. The lowest BCUT2D eigenvalue weighted by atomic mass is 10.3. The molecule has 0 aromatic heterocycles. The summed E-state index contributed by atoms with van der Waals surface area (Å²) >= 11 is 11.3. The standard InChI is InChI=1S/C12H8Cl2F2N2O2S/c13-6-1-2-11(9(16)3-6)18-21(19,20)12-5-10(17)8(15)4-7(12)14/h1-5,18H,17H2. The monoisotopic (exact) mass is 352 g/mol. The molecule has 0 spiro atoms. The van der Waals surface area contributed by atoms with Gasteiger partial charge < -0.3 is 5.73 Å². The van der Waals surface area contributed by atoms with E-state index in [2.05, 4.69) is 0 Å². The van der Waals surface area contributed by atoms with Crippen molar-refractivity contribution < 1.29 is 17.2 Å². The molecular weight excluding hydrogens is 345 g/mol. The first-order chi connectivity index (χ1) is 9.70. The Hall–Kier alpha value is -1.57. The van der Waals surface area contributed by atoms with E-state index in [0.29, 0.717) is 0 Å². The summed E-state index contributed by atoms with van der Waals surface area (Å²) in [6.07, 6.45) is 0. The van der Waals surface area contributed by atoms with Crippen molar-refractivity contribution in [1.82, 2.24) is 0 Å². The molecule has 0 fully saturated rings. The van der Waals surface area contributed by atoms with E-state index in [0.717, 1.165) is 24.3 Å². The van der Waals surface area contributed by atoms with Gasteiger partial charge in [0, 0.05) is 5.02 Å². The van der Waals surface area contributed by atoms with E-state index in [1.54, 1.807) is 0 Å². The van der Waals surface area contributed by atoms with Gasteiger partial charge in [-0.05, 0) is 30.3 Å². The van der Waals surface area contributed by atoms with Crippen LogP contribution in [0.4, 0.5) is 20.2 Å². The largest absolute Gasteiger partial charge is 0.396 e. The highest BCUT2D eigenvalue weighted by molar-refractivity contribution is 7.92. The minimum Gasteiger partial charge on any atom is -0.396 e. The van der Waals surface area contributed by atoms with Crippen LogP contribution in [0.1, 0.15) is 0 Å². The second-order valence-electron chi connectivity index (χ2n) is 4.03. The van der Waals surface area contributed by atoms with Crippen LogP contribution in [-0.2, 0) is 10.0 Å². The third kappa shape index (κ3) is 3.37. The van der Waals surface area contributed by atoms with Crippen LogP contribution in [0.5, 0.6) is 0 Å². The zero-order valence-electron chi connectivity index (χ0n) is 10.2. The van der Waals surface area contributed by atoms with Gasteiger partial charge in [0.2, 0.25) is 0 Å². The first kappa shape index (κ1) is 15.8. The Morgan fingerprint density at radius 1 is 1.05 bits per heavy atom. The number of sulfonamides is 1. The summed E-state index contributed by atoms with van der Waals surface area (Å²) in [6, 6.07) is 5.02. The summed E-state index contributed by atoms with van der Waals surface area (Å²) < 4.78 is 53.1. The third-order valence-corrected chi connectivity index (χ3v) is 4.58. The van der Waals surface area contributed by atoms with Crippen LogP contribution in [0, 0.1) is 11.6 Å². The quantitative estimate of drug-likeness (QED) is 0.828. The van der Waals surface area contributed by atoms with Crippen LogP contribution in [-0.4, -0.2) is 8.42 Å². The summed E-state index contributed by atoms with van der Waals surface area (Å²) in [6.45, 7) is 0. The smallest absolute Gasteiger partial charge is 0.263 e. The van der Waals surface area contributed by atoms with Crippen LogP contribution >= 0.6 is 23.2 Å². The molecule has 0 aliphatic heterocycles. The van der Waals surface area contributed by atoms with Crippen LogP contribution in [0.25, 0.3) is 0 Å². The Kier molecular flexibility index (Phi) is 4.27. The lowest BCUT2D eigenvalue weighted by molar-refractivity contribution is 0.597. The van der Waals surface area contributed by atoms with Crippen molar-refractivity contribution in [2.45, 2.75) is 4.90 Å². The molecule has 4 nitrogen and oxygen atoms in total. The van der Waals surface area contributed by atoms with Crippen LogP contribution in [0.2, 0.25) is 10.0 Å². The van der Waals surface area contributed by atoms with Gasteiger partial charge in [0.1, 0.15) is 16.5 Å². The molecule has 0 aliphatic rings. The molecule has 0 amide bonds. The summed E-state index contributed by atoms with van der Waals surface area (Å²) in [7, 11) is -4.23. The normalized spacial score (nSPS) is 11.4. The van der Waals surface area contributed by atoms with Crippen molar-refractivity contribution in [3.8, 4) is 0 Å². The SMILES string of the molecule is Nc1cc(S(=O)(=O)Nc2ccc(Cl)cc2F)c(Cl)cc1F. The highest BCUT2D eigenvalue weighted by atomic mass is 35.5. The number of anilines is 2. The molecule has 3 N–H and O–H groups in total. The zero-order valence-corrected chi connectivity index (χ0v) is 12.5. The first-order valence-electron chi connectivity index (χ1n) is 5.43. The Morgan fingerprint density at radius 2 is 1.71 bits per heavy atom. The van der Waals surface area contributed by atoms with E-state index in [1.807, 2.05) is 4.72 Å². The van der Waals surface area contributed by atoms with Crippen molar-refractivity contribution >= 4 is 44.6 Å². The topological polar surface area (TPSA) is 72.2 Å². The Bertz CT molecular complexity index is 813. The van der Waals surface area contributed by atoms with Crippen molar-refractivity contribution in [2.24, 2.45) is 0 Å². The van der Waals surface area contributed by atoms with Gasteiger partial charge in [-0.25, -0.2) is 17.2 Å². The molecule has 21 heavy (non-hydrogen) atoms. The minimum atomic E-state index is -4.23. The second kappa shape index (κ2) is 5.67. The van der Waals surface area contributed by atoms with E-state index in [4.69, 9.17) is 28.9 Å². The molecule has 2 rings (SSSR count). The Balaban J connectivity index is 2.46. The molecule has 0 saturated carbocycles. The molecule has 112 valence electrons. The maximum absolute atomic E-state index is 13.6. The lowest BCUT2D eigenvalue weighted by Gasteiger charge is -2.11. The van der Waals surface area contributed by atoms with Gasteiger partial charge in [-0.3, -0.25) is 4.72 Å². The number of nitrogen functional groups attached to an aromatic ring is 1. The fourth-order valence-electron chi connectivity index (χ4n) is 1.52. The van der Waals surface area contributed by atoms with Gasteiger partial charge in [0.25, 0.3) is 10.0 Å². The molecule has 2 aromatic rings. The number of rotatable bonds is 3. The summed E-state index contributed by atoms with van der Waals surface area (Å²) in [5, 5.41) is -0.261. The average molecular weight is 353 g/mol. The van der Waals surface area contributed by atoms with Gasteiger partial charge >= 0.3 is 0 Å². The summed E-state index contributed by atoms with van der Waals surface area (Å²) in [5.41, 5.74) is 4.60. The highest BCUT2D eigenvalue weighted by Gasteiger charge is 2.21. The second-order valence-corrected chi connectivity index (χ2v) is 6.53. The molecule has 0 unspecified atom stereocenters. The Labute approximate surface area is 129 Å². The number of halogens is 4. The number of hydrogen-bond acceptors (Lipinski definition) is 3. The van der Waals surface area contributed by atoms with Crippen molar-refractivity contribution in [3.05, 3.63) is 52.0 Å². The molecule has 0 saturated heterocycles.